The third-order valence-electron chi connectivity index (χ3n) is 3.72. The Bertz CT molecular complexity index is 689. The van der Waals surface area contributed by atoms with Crippen LogP contribution in [-0.4, -0.2) is 34.8 Å². The number of hydrogen-bond donors (Lipinski definition) is 1. The van der Waals surface area contributed by atoms with Gasteiger partial charge in [-0.15, -0.1) is 0 Å². The van der Waals surface area contributed by atoms with Crippen LogP contribution < -0.4 is 10.9 Å². The van der Waals surface area contributed by atoms with Crippen LogP contribution in [0.15, 0.2) is 16.9 Å². The molecule has 0 saturated carbocycles. The first-order chi connectivity index (χ1) is 9.69. The van der Waals surface area contributed by atoms with E-state index in [1.807, 2.05) is 6.92 Å². The van der Waals surface area contributed by atoms with E-state index in [-0.39, 0.29) is 5.56 Å². The van der Waals surface area contributed by atoms with Crippen molar-refractivity contribution in [2.24, 2.45) is 5.92 Å². The van der Waals surface area contributed by atoms with Crippen molar-refractivity contribution in [3.05, 3.63) is 28.2 Å². The van der Waals surface area contributed by atoms with Crippen LogP contribution in [0.2, 0.25) is 0 Å². The molecule has 1 atom stereocenters. The van der Waals surface area contributed by atoms with Gasteiger partial charge in [0.25, 0.3) is 5.56 Å². The third-order valence-corrected chi connectivity index (χ3v) is 3.72. The van der Waals surface area contributed by atoms with Crippen molar-refractivity contribution in [2.45, 2.75) is 19.9 Å². The molecule has 0 aromatic carbocycles. The molecule has 0 spiro atoms. The van der Waals surface area contributed by atoms with E-state index in [4.69, 9.17) is 4.74 Å². The maximum atomic E-state index is 12.2. The molecule has 1 fully saturated rings. The summed E-state index contributed by atoms with van der Waals surface area (Å²) in [7, 11) is 1.77. The van der Waals surface area contributed by atoms with Gasteiger partial charge in [0.05, 0.1) is 12.3 Å². The number of ether oxygens (including phenoxy) is 1. The van der Waals surface area contributed by atoms with E-state index in [0.29, 0.717) is 30.7 Å². The normalized spacial score (nSPS) is 18.6. The van der Waals surface area contributed by atoms with E-state index in [1.54, 1.807) is 23.7 Å². The average Bonchev–Trinajstić information content (AvgIpc) is 2.94. The Morgan fingerprint density at radius 1 is 1.45 bits per heavy atom. The fraction of sp³-hybridized carbons (Fsp3) is 0.500. The topological polar surface area (TPSA) is 69.0 Å². The Hall–Kier alpha value is -1.95. The lowest BCUT2D eigenvalue weighted by Crippen LogP contribution is -2.25. The molecule has 1 unspecified atom stereocenters. The van der Waals surface area contributed by atoms with E-state index in [1.165, 1.54) is 0 Å². The number of nitrogens with one attached hydrogen (secondary N) is 1. The lowest BCUT2D eigenvalue weighted by molar-refractivity contribution is 0.182. The molecular weight excluding hydrogens is 256 g/mol. The van der Waals surface area contributed by atoms with Crippen molar-refractivity contribution in [3.63, 3.8) is 0 Å². The standard InChI is InChI=1S/C14H18N4O2/c1-9-11-3-4-12(19)18(7-10-5-6-20-8-10)13(11)17-14(15-2)16-9/h3-4,10H,5-8H2,1-2H3,(H,15,16,17). The molecule has 6 heteroatoms. The van der Waals surface area contributed by atoms with Gasteiger partial charge in [0.15, 0.2) is 0 Å². The van der Waals surface area contributed by atoms with Crippen molar-refractivity contribution in [1.82, 2.24) is 14.5 Å². The number of rotatable bonds is 3. The number of anilines is 1. The van der Waals surface area contributed by atoms with E-state index in [0.717, 1.165) is 24.1 Å². The Morgan fingerprint density at radius 2 is 2.30 bits per heavy atom. The lowest BCUT2D eigenvalue weighted by Gasteiger charge is -2.14. The predicted octanol–water partition coefficient (Wildman–Crippen LogP) is 1.18. The average molecular weight is 274 g/mol. The van der Waals surface area contributed by atoms with Crippen LogP contribution in [0, 0.1) is 12.8 Å². The summed E-state index contributed by atoms with van der Waals surface area (Å²) >= 11 is 0. The molecule has 3 heterocycles. The number of aromatic nitrogens is 3. The monoisotopic (exact) mass is 274 g/mol. The molecule has 20 heavy (non-hydrogen) atoms. The van der Waals surface area contributed by atoms with Gasteiger partial charge < -0.3 is 10.1 Å². The maximum absolute atomic E-state index is 12.2. The molecule has 6 nitrogen and oxygen atoms in total. The largest absolute Gasteiger partial charge is 0.381 e. The Balaban J connectivity index is 2.14. The molecule has 0 amide bonds. The highest BCUT2D eigenvalue weighted by atomic mass is 16.5. The van der Waals surface area contributed by atoms with Crippen molar-refractivity contribution in [1.29, 1.82) is 0 Å². The van der Waals surface area contributed by atoms with Gasteiger partial charge >= 0.3 is 0 Å². The molecule has 0 bridgehead atoms. The minimum atomic E-state index is -0.0236. The summed E-state index contributed by atoms with van der Waals surface area (Å²) < 4.78 is 7.13. The molecule has 0 aliphatic carbocycles. The fourth-order valence-electron chi connectivity index (χ4n) is 2.59. The number of hydrogen-bond acceptors (Lipinski definition) is 5. The van der Waals surface area contributed by atoms with E-state index in [2.05, 4.69) is 15.3 Å². The highest BCUT2D eigenvalue weighted by Gasteiger charge is 2.18. The number of aryl methyl sites for hydroxylation is 1. The Morgan fingerprint density at radius 3 is 3.00 bits per heavy atom. The summed E-state index contributed by atoms with van der Waals surface area (Å²) in [6, 6.07) is 3.39. The van der Waals surface area contributed by atoms with Crippen LogP contribution in [0.3, 0.4) is 0 Å². The molecule has 3 rings (SSSR count). The molecule has 1 aliphatic heterocycles. The summed E-state index contributed by atoms with van der Waals surface area (Å²) in [4.78, 5) is 21.0. The summed E-state index contributed by atoms with van der Waals surface area (Å²) in [5, 5.41) is 3.86. The second-order valence-corrected chi connectivity index (χ2v) is 5.13. The molecule has 106 valence electrons. The van der Waals surface area contributed by atoms with Crippen LogP contribution in [0.1, 0.15) is 12.1 Å². The minimum Gasteiger partial charge on any atom is -0.381 e. The smallest absolute Gasteiger partial charge is 0.252 e. The fourth-order valence-corrected chi connectivity index (χ4v) is 2.59. The number of fused-ring (bicyclic) bond motifs is 1. The van der Waals surface area contributed by atoms with Crippen LogP contribution in [0.5, 0.6) is 0 Å². The first-order valence-corrected chi connectivity index (χ1v) is 6.82. The van der Waals surface area contributed by atoms with Crippen molar-refractivity contribution >= 4 is 17.0 Å². The number of pyridine rings is 1. The van der Waals surface area contributed by atoms with Gasteiger partial charge in [0.1, 0.15) is 5.65 Å². The second-order valence-electron chi connectivity index (χ2n) is 5.13. The van der Waals surface area contributed by atoms with E-state index >= 15 is 0 Å². The molecule has 1 aliphatic rings. The molecule has 1 saturated heterocycles. The predicted molar refractivity (Wildman–Crippen MR) is 77.0 cm³/mol. The van der Waals surface area contributed by atoms with Crippen molar-refractivity contribution in [3.8, 4) is 0 Å². The molecule has 2 aromatic heterocycles. The van der Waals surface area contributed by atoms with Crippen LogP contribution in [-0.2, 0) is 11.3 Å². The van der Waals surface area contributed by atoms with Gasteiger partial charge in [0, 0.05) is 37.6 Å². The van der Waals surface area contributed by atoms with Gasteiger partial charge in [-0.05, 0) is 19.4 Å². The van der Waals surface area contributed by atoms with Gasteiger partial charge in [-0.2, -0.15) is 4.98 Å². The zero-order valence-electron chi connectivity index (χ0n) is 11.7. The summed E-state index contributed by atoms with van der Waals surface area (Å²) in [5.74, 6) is 0.920. The Kier molecular flexibility index (Phi) is 3.40. The zero-order valence-corrected chi connectivity index (χ0v) is 11.7. The highest BCUT2D eigenvalue weighted by molar-refractivity contribution is 5.78. The first-order valence-electron chi connectivity index (χ1n) is 6.82. The number of nitrogens with zero attached hydrogens (tertiary/aromatic N) is 3. The van der Waals surface area contributed by atoms with Gasteiger partial charge in [0.2, 0.25) is 5.95 Å². The van der Waals surface area contributed by atoms with Crippen molar-refractivity contribution < 1.29 is 4.74 Å². The van der Waals surface area contributed by atoms with Gasteiger partial charge in [-0.3, -0.25) is 9.36 Å². The van der Waals surface area contributed by atoms with Crippen LogP contribution in [0.4, 0.5) is 5.95 Å². The summed E-state index contributed by atoms with van der Waals surface area (Å²) in [5.41, 5.74) is 1.54. The molecular formula is C14H18N4O2. The van der Waals surface area contributed by atoms with Gasteiger partial charge in [-0.25, -0.2) is 4.98 Å². The second kappa shape index (κ2) is 5.20. The first kappa shape index (κ1) is 13.1. The zero-order chi connectivity index (χ0) is 14.1. The SMILES string of the molecule is CNc1nc(C)c2ccc(=O)n(CC3CCOC3)c2n1. The minimum absolute atomic E-state index is 0.0236. The van der Waals surface area contributed by atoms with E-state index in [9.17, 15) is 4.79 Å². The third kappa shape index (κ3) is 2.27. The molecule has 1 N–H and O–H groups in total. The van der Waals surface area contributed by atoms with E-state index < -0.39 is 0 Å². The molecule has 0 radical (unpaired) electrons. The summed E-state index contributed by atoms with van der Waals surface area (Å²) in [6.07, 6.45) is 0.992. The quantitative estimate of drug-likeness (QED) is 0.910. The van der Waals surface area contributed by atoms with Crippen molar-refractivity contribution in [2.75, 3.05) is 25.6 Å². The maximum Gasteiger partial charge on any atom is 0.252 e. The summed E-state index contributed by atoms with van der Waals surface area (Å²) in [6.45, 7) is 4.07. The van der Waals surface area contributed by atoms with Crippen LogP contribution in [0.25, 0.3) is 11.0 Å². The Labute approximate surface area is 116 Å². The van der Waals surface area contributed by atoms with Crippen LogP contribution >= 0.6 is 0 Å². The molecule has 2 aromatic rings. The van der Waals surface area contributed by atoms with Gasteiger partial charge in [-0.1, -0.05) is 0 Å². The highest BCUT2D eigenvalue weighted by Crippen LogP contribution is 2.19. The lowest BCUT2D eigenvalue weighted by atomic mass is 10.1.